The van der Waals surface area contributed by atoms with Crippen LogP contribution in [0, 0.1) is 0 Å². The Kier molecular flexibility index (Phi) is 5.63. The van der Waals surface area contributed by atoms with Gasteiger partial charge < -0.3 is 0 Å². The number of hydrogen-bond acceptors (Lipinski definition) is 3. The number of halogens is 1. The van der Waals surface area contributed by atoms with Crippen molar-refractivity contribution in [2.75, 3.05) is 0 Å². The Morgan fingerprint density at radius 3 is 2.17 bits per heavy atom. The molecule has 0 saturated heterocycles. The summed E-state index contributed by atoms with van der Waals surface area (Å²) in [5.74, 6) is 0. The zero-order valence-corrected chi connectivity index (χ0v) is 12.4. The molecule has 0 aromatic heterocycles. The third-order valence-corrected chi connectivity index (χ3v) is 4.38. The molecule has 0 aliphatic rings. The Labute approximate surface area is 114 Å². The van der Waals surface area contributed by atoms with Crippen LogP contribution in [0.15, 0.2) is 30.3 Å². The highest BCUT2D eigenvalue weighted by molar-refractivity contribution is 7.87. The second kappa shape index (κ2) is 6.55. The first-order valence-corrected chi connectivity index (χ1v) is 7.85. The lowest BCUT2D eigenvalue weighted by molar-refractivity contribution is 0.243. The van der Waals surface area contributed by atoms with Gasteiger partial charge in [0, 0.05) is 5.38 Å². The normalized spacial score (nSPS) is 15.6. The summed E-state index contributed by atoms with van der Waals surface area (Å²) in [4.78, 5) is 0. The fourth-order valence-corrected chi connectivity index (χ4v) is 3.69. The van der Waals surface area contributed by atoms with Crippen LogP contribution in [0.4, 0.5) is 0 Å². The van der Waals surface area contributed by atoms with Gasteiger partial charge in [0.15, 0.2) is 0 Å². The van der Waals surface area contributed by atoms with Crippen molar-refractivity contribution in [2.24, 2.45) is 0 Å². The van der Waals surface area contributed by atoms with E-state index in [0.29, 0.717) is 12.0 Å². The summed E-state index contributed by atoms with van der Waals surface area (Å²) in [6.45, 7) is 5.18. The van der Waals surface area contributed by atoms with Crippen LogP contribution in [0.3, 0.4) is 0 Å². The quantitative estimate of drug-likeness (QED) is 0.595. The van der Waals surface area contributed by atoms with Gasteiger partial charge >= 0.3 is 0 Å². The Morgan fingerprint density at radius 2 is 1.72 bits per heavy atom. The third-order valence-electron chi connectivity index (χ3n) is 2.39. The van der Waals surface area contributed by atoms with E-state index in [2.05, 4.69) is 0 Å². The molecule has 1 rings (SSSR count). The minimum absolute atomic E-state index is 0.235. The summed E-state index contributed by atoms with van der Waals surface area (Å²) in [7, 11) is -3.65. The SMILES string of the molecule is CC(C)OS(=O)(=O)[C@H](C[C@H](C)Cl)c1ccccc1. The van der Waals surface area contributed by atoms with Crippen LogP contribution in [-0.4, -0.2) is 19.9 Å². The maximum Gasteiger partial charge on any atom is 0.274 e. The van der Waals surface area contributed by atoms with Gasteiger partial charge in [0.25, 0.3) is 10.1 Å². The molecule has 0 N–H and O–H groups in total. The predicted molar refractivity (Wildman–Crippen MR) is 74.3 cm³/mol. The highest BCUT2D eigenvalue weighted by Crippen LogP contribution is 2.30. The first-order valence-electron chi connectivity index (χ1n) is 5.94. The molecule has 5 heteroatoms. The maximum absolute atomic E-state index is 12.2. The fourth-order valence-electron chi connectivity index (χ4n) is 1.72. The first-order chi connectivity index (χ1) is 8.33. The van der Waals surface area contributed by atoms with E-state index in [9.17, 15) is 8.42 Å². The van der Waals surface area contributed by atoms with E-state index in [1.807, 2.05) is 18.2 Å². The molecule has 102 valence electrons. The van der Waals surface area contributed by atoms with Gasteiger partial charge in [-0.05, 0) is 32.8 Å². The zero-order valence-electron chi connectivity index (χ0n) is 10.8. The Morgan fingerprint density at radius 1 is 1.17 bits per heavy atom. The minimum Gasteiger partial charge on any atom is -0.267 e. The number of rotatable bonds is 6. The van der Waals surface area contributed by atoms with Crippen molar-refractivity contribution in [3.63, 3.8) is 0 Å². The lowest BCUT2D eigenvalue weighted by atomic mass is 10.1. The molecule has 0 aliphatic heterocycles. The summed E-state index contributed by atoms with van der Waals surface area (Å²) in [5.41, 5.74) is 0.714. The number of benzene rings is 1. The molecule has 0 spiro atoms. The van der Waals surface area contributed by atoms with E-state index >= 15 is 0 Å². The molecule has 0 saturated carbocycles. The van der Waals surface area contributed by atoms with Gasteiger partial charge in [-0.25, -0.2) is 0 Å². The largest absolute Gasteiger partial charge is 0.274 e. The van der Waals surface area contributed by atoms with Crippen molar-refractivity contribution in [1.82, 2.24) is 0 Å². The Bertz CT molecular complexity index is 454. The van der Waals surface area contributed by atoms with Gasteiger partial charge in [-0.3, -0.25) is 4.18 Å². The van der Waals surface area contributed by atoms with E-state index in [1.165, 1.54) is 0 Å². The van der Waals surface area contributed by atoms with E-state index in [4.69, 9.17) is 15.8 Å². The van der Waals surface area contributed by atoms with Gasteiger partial charge in [0.1, 0.15) is 5.25 Å². The highest BCUT2D eigenvalue weighted by atomic mass is 35.5. The van der Waals surface area contributed by atoms with E-state index in [1.54, 1.807) is 32.9 Å². The average molecular weight is 291 g/mol. The van der Waals surface area contributed by atoms with Crippen molar-refractivity contribution < 1.29 is 12.6 Å². The van der Waals surface area contributed by atoms with Crippen molar-refractivity contribution in [3.05, 3.63) is 35.9 Å². The highest BCUT2D eigenvalue weighted by Gasteiger charge is 2.30. The molecular weight excluding hydrogens is 272 g/mol. The smallest absolute Gasteiger partial charge is 0.267 e. The van der Waals surface area contributed by atoms with Crippen LogP contribution in [-0.2, 0) is 14.3 Å². The number of alkyl halides is 1. The molecule has 0 heterocycles. The van der Waals surface area contributed by atoms with Crippen LogP contribution < -0.4 is 0 Å². The monoisotopic (exact) mass is 290 g/mol. The second-order valence-corrected chi connectivity index (χ2v) is 7.05. The van der Waals surface area contributed by atoms with Crippen LogP contribution in [0.5, 0.6) is 0 Å². The summed E-state index contributed by atoms with van der Waals surface area (Å²) in [5, 5.41) is -0.950. The zero-order chi connectivity index (χ0) is 13.8. The summed E-state index contributed by atoms with van der Waals surface area (Å²) in [6.07, 6.45) is -0.0347. The molecule has 0 radical (unpaired) electrons. The molecule has 0 bridgehead atoms. The average Bonchev–Trinajstić information content (AvgIpc) is 2.25. The predicted octanol–water partition coefficient (Wildman–Crippen LogP) is 3.50. The van der Waals surface area contributed by atoms with E-state index in [-0.39, 0.29) is 11.5 Å². The lowest BCUT2D eigenvalue weighted by Crippen LogP contribution is -2.22. The van der Waals surface area contributed by atoms with Crippen molar-refractivity contribution in [1.29, 1.82) is 0 Å². The molecule has 18 heavy (non-hydrogen) atoms. The molecule has 3 nitrogen and oxygen atoms in total. The molecular formula is C13H19ClO3S. The maximum atomic E-state index is 12.2. The van der Waals surface area contributed by atoms with Crippen LogP contribution in [0.2, 0.25) is 0 Å². The van der Waals surface area contributed by atoms with Gasteiger partial charge in [-0.1, -0.05) is 30.3 Å². The molecule has 0 aliphatic carbocycles. The van der Waals surface area contributed by atoms with Crippen molar-refractivity contribution in [2.45, 2.75) is 43.9 Å². The van der Waals surface area contributed by atoms with Gasteiger partial charge in [-0.15, -0.1) is 11.6 Å². The van der Waals surface area contributed by atoms with E-state index in [0.717, 1.165) is 0 Å². The summed E-state index contributed by atoms with van der Waals surface area (Å²) in [6, 6.07) is 9.04. The fraction of sp³-hybridized carbons (Fsp3) is 0.538. The molecule has 2 atom stereocenters. The molecule has 0 amide bonds. The van der Waals surface area contributed by atoms with Gasteiger partial charge in [-0.2, -0.15) is 8.42 Å². The topological polar surface area (TPSA) is 43.4 Å². The van der Waals surface area contributed by atoms with Gasteiger partial charge in [0.2, 0.25) is 0 Å². The molecule has 0 unspecified atom stereocenters. The first kappa shape index (κ1) is 15.5. The van der Waals surface area contributed by atoms with Crippen LogP contribution in [0.25, 0.3) is 0 Å². The van der Waals surface area contributed by atoms with Crippen LogP contribution in [0.1, 0.15) is 38.0 Å². The number of hydrogen-bond donors (Lipinski definition) is 0. The Balaban J connectivity index is 3.06. The van der Waals surface area contributed by atoms with Gasteiger partial charge in [0.05, 0.1) is 6.10 Å². The van der Waals surface area contributed by atoms with Crippen molar-refractivity contribution >= 4 is 21.7 Å². The molecule has 1 aromatic carbocycles. The van der Waals surface area contributed by atoms with Crippen LogP contribution >= 0.6 is 11.6 Å². The van der Waals surface area contributed by atoms with Crippen molar-refractivity contribution in [3.8, 4) is 0 Å². The Hall–Kier alpha value is -0.580. The minimum atomic E-state index is -3.65. The molecule has 0 fully saturated rings. The summed E-state index contributed by atoms with van der Waals surface area (Å²) < 4.78 is 29.5. The summed E-state index contributed by atoms with van der Waals surface area (Å²) >= 11 is 5.94. The second-order valence-electron chi connectivity index (χ2n) is 4.55. The standard InChI is InChI=1S/C13H19ClO3S/c1-10(2)17-18(15,16)13(9-11(3)14)12-7-5-4-6-8-12/h4-8,10-11,13H,9H2,1-3H3/t11-,13+/m0/s1. The molecule has 1 aromatic rings. The third kappa shape index (κ3) is 4.59. The van der Waals surface area contributed by atoms with E-state index < -0.39 is 15.4 Å². The lowest BCUT2D eigenvalue weighted by Gasteiger charge is -2.20.